The van der Waals surface area contributed by atoms with Crippen LogP contribution in [-0.4, -0.2) is 39.1 Å². The highest BCUT2D eigenvalue weighted by atomic mass is 32.2. The van der Waals surface area contributed by atoms with Gasteiger partial charge in [0, 0.05) is 16.8 Å². The third-order valence-electron chi connectivity index (χ3n) is 4.35. The van der Waals surface area contributed by atoms with Crippen LogP contribution in [0.3, 0.4) is 0 Å². The van der Waals surface area contributed by atoms with Gasteiger partial charge in [0.1, 0.15) is 18.8 Å². The molecular formula is C18H21O5PS. The van der Waals surface area contributed by atoms with Gasteiger partial charge in [0.15, 0.2) is 0 Å². The molecular weight excluding hydrogens is 359 g/mol. The molecule has 2 aromatic rings. The van der Waals surface area contributed by atoms with E-state index in [1.54, 1.807) is 0 Å². The van der Waals surface area contributed by atoms with Crippen LogP contribution in [0.2, 0.25) is 0 Å². The summed E-state index contributed by atoms with van der Waals surface area (Å²) in [5.41, 5.74) is -0.675. The van der Waals surface area contributed by atoms with Crippen molar-refractivity contribution >= 4 is 27.9 Å². The molecule has 0 radical (unpaired) electrons. The Labute approximate surface area is 148 Å². The van der Waals surface area contributed by atoms with Gasteiger partial charge in [-0.05, 0) is 6.92 Å². The predicted molar refractivity (Wildman–Crippen MR) is 98.7 cm³/mol. The van der Waals surface area contributed by atoms with Crippen LogP contribution < -0.4 is 10.6 Å². The first-order valence-electron chi connectivity index (χ1n) is 7.95. The Balaban J connectivity index is 1.87. The third kappa shape index (κ3) is 4.21. The molecule has 1 saturated heterocycles. The number of hydrogen-bond acceptors (Lipinski definition) is 5. The average molecular weight is 380 g/mol. The van der Waals surface area contributed by atoms with Gasteiger partial charge in [-0.15, -0.1) is 0 Å². The van der Waals surface area contributed by atoms with Gasteiger partial charge < -0.3 is 9.30 Å². The maximum absolute atomic E-state index is 14.0. The van der Waals surface area contributed by atoms with Gasteiger partial charge in [-0.25, -0.2) is 0 Å². The molecule has 0 amide bonds. The van der Waals surface area contributed by atoms with Crippen molar-refractivity contribution in [2.45, 2.75) is 18.6 Å². The Hall–Kier alpha value is -1.46. The predicted octanol–water partition coefficient (Wildman–Crippen LogP) is 2.13. The lowest BCUT2D eigenvalue weighted by Crippen LogP contribution is -2.28. The molecule has 3 rings (SSSR count). The van der Waals surface area contributed by atoms with Crippen molar-refractivity contribution in [1.29, 1.82) is 0 Å². The van der Waals surface area contributed by atoms with Crippen molar-refractivity contribution < 1.29 is 21.9 Å². The summed E-state index contributed by atoms with van der Waals surface area (Å²) in [5.74, 6) is 0. The minimum atomic E-state index is -3.53. The van der Waals surface area contributed by atoms with E-state index in [4.69, 9.17) is 8.92 Å². The van der Waals surface area contributed by atoms with Crippen LogP contribution in [0.1, 0.15) is 6.92 Å². The van der Waals surface area contributed by atoms with Gasteiger partial charge in [-0.2, -0.15) is 8.42 Å². The van der Waals surface area contributed by atoms with Crippen LogP contribution in [0, 0.1) is 0 Å². The van der Waals surface area contributed by atoms with Crippen LogP contribution in [0.4, 0.5) is 0 Å². The molecule has 25 heavy (non-hydrogen) atoms. The molecule has 134 valence electrons. The van der Waals surface area contributed by atoms with Crippen LogP contribution >= 0.6 is 7.14 Å². The summed E-state index contributed by atoms with van der Waals surface area (Å²) >= 11 is 0. The second-order valence-corrected chi connectivity index (χ2v) is 10.9. The van der Waals surface area contributed by atoms with E-state index in [1.165, 1.54) is 0 Å². The second-order valence-electron chi connectivity index (χ2n) is 6.48. The van der Waals surface area contributed by atoms with E-state index >= 15 is 0 Å². The molecule has 1 fully saturated rings. The normalized spacial score (nSPS) is 23.4. The molecule has 0 saturated carbocycles. The molecule has 0 aromatic heterocycles. The smallest absolute Gasteiger partial charge is 0.264 e. The molecule has 1 aliphatic rings. The third-order valence-corrected chi connectivity index (χ3v) is 8.25. The van der Waals surface area contributed by atoms with Crippen molar-refractivity contribution in [3.8, 4) is 0 Å². The minimum Gasteiger partial charge on any atom is -0.363 e. The van der Waals surface area contributed by atoms with Crippen LogP contribution in [-0.2, 0) is 23.6 Å². The summed E-state index contributed by atoms with van der Waals surface area (Å²) in [5, 5.41) is 1.53. The van der Waals surface area contributed by atoms with E-state index in [1.807, 2.05) is 67.6 Å². The number of benzene rings is 2. The second kappa shape index (κ2) is 6.69. The van der Waals surface area contributed by atoms with Crippen molar-refractivity contribution in [3.05, 3.63) is 60.7 Å². The summed E-state index contributed by atoms with van der Waals surface area (Å²) in [6, 6.07) is 18.7. The van der Waals surface area contributed by atoms with E-state index in [2.05, 4.69) is 0 Å². The molecule has 5 nitrogen and oxygen atoms in total. The van der Waals surface area contributed by atoms with E-state index < -0.39 is 22.9 Å². The lowest BCUT2D eigenvalue weighted by atomic mass is 10.1. The fourth-order valence-corrected chi connectivity index (χ4v) is 6.44. The van der Waals surface area contributed by atoms with Gasteiger partial charge in [-0.3, -0.25) is 4.18 Å². The zero-order valence-corrected chi connectivity index (χ0v) is 15.9. The summed E-state index contributed by atoms with van der Waals surface area (Å²) in [6.45, 7) is 1.79. The fraction of sp³-hybridized carbons (Fsp3) is 0.333. The van der Waals surface area contributed by atoms with Crippen LogP contribution in [0.15, 0.2) is 60.7 Å². The molecule has 2 aromatic carbocycles. The quantitative estimate of drug-likeness (QED) is 0.418. The number of hydrogen-bond donors (Lipinski definition) is 0. The van der Waals surface area contributed by atoms with E-state index in [0.29, 0.717) is 6.16 Å². The van der Waals surface area contributed by atoms with E-state index in [-0.39, 0.29) is 12.7 Å². The Kier molecular flexibility index (Phi) is 4.91. The zero-order valence-electron chi connectivity index (χ0n) is 14.2. The van der Waals surface area contributed by atoms with E-state index in [0.717, 1.165) is 16.9 Å². The average Bonchev–Trinajstić information content (AvgIpc) is 3.23. The number of epoxide rings is 1. The highest BCUT2D eigenvalue weighted by Gasteiger charge is 2.56. The first-order valence-corrected chi connectivity index (χ1v) is 11.7. The minimum absolute atomic E-state index is 0.0566. The SMILES string of the molecule is C[C@@]1(CP(=O)(c2ccccc2)c2ccccc2)O[C@H]1COS(C)(=O)=O. The molecule has 0 spiro atoms. The lowest BCUT2D eigenvalue weighted by Gasteiger charge is -2.21. The van der Waals surface area contributed by atoms with Gasteiger partial charge in [-0.1, -0.05) is 60.7 Å². The van der Waals surface area contributed by atoms with Gasteiger partial charge in [0.25, 0.3) is 10.1 Å². The van der Waals surface area contributed by atoms with Crippen molar-refractivity contribution in [2.24, 2.45) is 0 Å². The van der Waals surface area contributed by atoms with Crippen molar-refractivity contribution in [2.75, 3.05) is 19.0 Å². The monoisotopic (exact) mass is 380 g/mol. The number of rotatable bonds is 7. The van der Waals surface area contributed by atoms with Crippen LogP contribution in [0.5, 0.6) is 0 Å². The van der Waals surface area contributed by atoms with Gasteiger partial charge >= 0.3 is 0 Å². The Morgan fingerprint density at radius 2 is 1.52 bits per heavy atom. The summed E-state index contributed by atoms with van der Waals surface area (Å²) in [7, 11) is -6.44. The molecule has 0 bridgehead atoms. The van der Waals surface area contributed by atoms with Gasteiger partial charge in [0.05, 0.1) is 12.9 Å². The fourth-order valence-electron chi connectivity index (χ4n) is 2.94. The van der Waals surface area contributed by atoms with E-state index in [9.17, 15) is 13.0 Å². The molecule has 0 aliphatic carbocycles. The maximum atomic E-state index is 14.0. The standard InChI is InChI=1S/C18H21O5PS/c1-18(17(23-18)13-22-25(2,20)21)14-24(19,15-9-5-3-6-10-15)16-11-7-4-8-12-16/h3-12,17H,13-14H2,1-2H3/t17-,18-/m0/s1. The Morgan fingerprint density at radius 1 is 1.04 bits per heavy atom. The molecule has 0 unspecified atom stereocenters. The van der Waals surface area contributed by atoms with Crippen molar-refractivity contribution in [1.82, 2.24) is 0 Å². The summed E-state index contributed by atoms with van der Waals surface area (Å²) < 4.78 is 46.8. The Morgan fingerprint density at radius 3 is 1.96 bits per heavy atom. The summed E-state index contributed by atoms with van der Waals surface area (Å²) in [4.78, 5) is 0. The largest absolute Gasteiger partial charge is 0.363 e. The van der Waals surface area contributed by atoms with Crippen molar-refractivity contribution in [3.63, 3.8) is 0 Å². The maximum Gasteiger partial charge on any atom is 0.264 e. The highest BCUT2D eigenvalue weighted by Crippen LogP contribution is 2.52. The molecule has 1 aliphatic heterocycles. The molecule has 1 heterocycles. The number of ether oxygens (including phenoxy) is 1. The lowest BCUT2D eigenvalue weighted by molar-refractivity contribution is 0.259. The zero-order chi connectivity index (χ0) is 18.1. The van der Waals surface area contributed by atoms with Crippen LogP contribution in [0.25, 0.3) is 0 Å². The first-order chi connectivity index (χ1) is 11.7. The van der Waals surface area contributed by atoms with Gasteiger partial charge in [0.2, 0.25) is 0 Å². The molecule has 7 heteroatoms. The molecule has 0 N–H and O–H groups in total. The topological polar surface area (TPSA) is 73.0 Å². The first kappa shape index (κ1) is 18.3. The highest BCUT2D eigenvalue weighted by molar-refractivity contribution is 7.86. The summed E-state index contributed by atoms with van der Waals surface area (Å²) in [6.07, 6.45) is 0.917. The molecule has 2 atom stereocenters. The Bertz CT molecular complexity index is 839.